The smallest absolute Gasteiger partial charge is 0.257 e. The van der Waals surface area contributed by atoms with Gasteiger partial charge in [0.1, 0.15) is 11.4 Å². The Bertz CT molecular complexity index is 427. The molecule has 0 fully saturated rings. The summed E-state index contributed by atoms with van der Waals surface area (Å²) in [6, 6.07) is 2.08. The molecule has 0 spiro atoms. The van der Waals surface area contributed by atoms with Crippen LogP contribution in [-0.4, -0.2) is 24.5 Å². The van der Waals surface area contributed by atoms with Gasteiger partial charge in [-0.15, -0.1) is 0 Å². The molecule has 0 atom stereocenters. The molecule has 0 bridgehead atoms. The molecule has 0 heterocycles. The van der Waals surface area contributed by atoms with Gasteiger partial charge in [-0.05, 0) is 37.0 Å². The SMILES string of the molecule is CSCCCCNC(=O)c1c(F)ccc(N)c1F. The fourth-order valence-electron chi connectivity index (χ4n) is 1.44. The number of rotatable bonds is 6. The molecule has 3 nitrogen and oxygen atoms in total. The van der Waals surface area contributed by atoms with E-state index in [2.05, 4.69) is 5.32 Å². The zero-order valence-corrected chi connectivity index (χ0v) is 10.9. The summed E-state index contributed by atoms with van der Waals surface area (Å²) in [5.41, 5.74) is 4.45. The average molecular weight is 274 g/mol. The number of carbonyl (C=O) groups excluding carboxylic acids is 1. The van der Waals surface area contributed by atoms with Crippen LogP contribution in [0.15, 0.2) is 12.1 Å². The Labute approximate surface area is 109 Å². The summed E-state index contributed by atoms with van der Waals surface area (Å²) in [5, 5.41) is 2.48. The van der Waals surface area contributed by atoms with E-state index in [9.17, 15) is 13.6 Å². The first-order valence-electron chi connectivity index (χ1n) is 5.58. The van der Waals surface area contributed by atoms with Crippen LogP contribution in [0.2, 0.25) is 0 Å². The number of nitrogens with two attached hydrogens (primary N) is 1. The number of unbranched alkanes of at least 4 members (excludes halogenated alkanes) is 1. The van der Waals surface area contributed by atoms with Crippen LogP contribution >= 0.6 is 11.8 Å². The Morgan fingerprint density at radius 3 is 2.78 bits per heavy atom. The molecule has 0 saturated carbocycles. The molecule has 1 aromatic rings. The zero-order valence-electron chi connectivity index (χ0n) is 10.1. The number of amides is 1. The highest BCUT2D eigenvalue weighted by molar-refractivity contribution is 7.98. The van der Waals surface area contributed by atoms with Crippen molar-refractivity contribution in [2.24, 2.45) is 0 Å². The number of hydrogen-bond acceptors (Lipinski definition) is 3. The van der Waals surface area contributed by atoms with Crippen LogP contribution in [0, 0.1) is 11.6 Å². The van der Waals surface area contributed by atoms with Gasteiger partial charge in [-0.25, -0.2) is 8.78 Å². The third kappa shape index (κ3) is 3.87. The van der Waals surface area contributed by atoms with E-state index in [0.29, 0.717) is 6.54 Å². The van der Waals surface area contributed by atoms with Crippen molar-refractivity contribution in [3.8, 4) is 0 Å². The number of carbonyl (C=O) groups is 1. The number of halogens is 2. The summed E-state index contributed by atoms with van der Waals surface area (Å²) in [7, 11) is 0. The maximum atomic E-state index is 13.5. The molecule has 18 heavy (non-hydrogen) atoms. The summed E-state index contributed by atoms with van der Waals surface area (Å²) < 4.78 is 26.9. The zero-order chi connectivity index (χ0) is 13.5. The first-order valence-corrected chi connectivity index (χ1v) is 6.98. The lowest BCUT2D eigenvalue weighted by Crippen LogP contribution is -2.27. The molecule has 100 valence electrons. The van der Waals surface area contributed by atoms with Crippen molar-refractivity contribution in [1.29, 1.82) is 0 Å². The van der Waals surface area contributed by atoms with E-state index in [1.54, 1.807) is 11.8 Å². The number of nitrogen functional groups attached to an aromatic ring is 1. The Morgan fingerprint density at radius 2 is 2.11 bits per heavy atom. The van der Waals surface area contributed by atoms with Crippen molar-refractivity contribution >= 4 is 23.4 Å². The van der Waals surface area contributed by atoms with Gasteiger partial charge in [0.25, 0.3) is 5.91 Å². The third-order valence-corrected chi connectivity index (χ3v) is 3.11. The number of thioether (sulfide) groups is 1. The quantitative estimate of drug-likeness (QED) is 0.619. The number of hydrogen-bond donors (Lipinski definition) is 2. The molecular weight excluding hydrogens is 258 g/mol. The van der Waals surface area contributed by atoms with Crippen molar-refractivity contribution in [2.75, 3.05) is 24.3 Å². The van der Waals surface area contributed by atoms with E-state index in [-0.39, 0.29) is 5.69 Å². The first kappa shape index (κ1) is 14.8. The highest BCUT2D eigenvalue weighted by Gasteiger charge is 2.18. The second-order valence-electron chi connectivity index (χ2n) is 3.78. The number of anilines is 1. The van der Waals surface area contributed by atoms with Gasteiger partial charge in [-0.1, -0.05) is 0 Å². The summed E-state index contributed by atoms with van der Waals surface area (Å²) >= 11 is 1.71. The standard InChI is InChI=1S/C12H16F2N2OS/c1-18-7-3-2-6-16-12(17)10-8(13)4-5-9(15)11(10)14/h4-5H,2-3,6-7,15H2,1H3,(H,16,17). The Balaban J connectivity index is 2.59. The summed E-state index contributed by atoms with van der Waals surface area (Å²) in [6.45, 7) is 0.396. The van der Waals surface area contributed by atoms with Crippen LogP contribution in [0.1, 0.15) is 23.2 Å². The monoisotopic (exact) mass is 274 g/mol. The second-order valence-corrected chi connectivity index (χ2v) is 4.77. The van der Waals surface area contributed by atoms with E-state index in [0.717, 1.165) is 30.7 Å². The van der Waals surface area contributed by atoms with Crippen LogP contribution in [0.3, 0.4) is 0 Å². The summed E-state index contributed by atoms with van der Waals surface area (Å²) in [4.78, 5) is 11.6. The van der Waals surface area contributed by atoms with Crippen LogP contribution in [-0.2, 0) is 0 Å². The predicted octanol–water partition coefficient (Wildman–Crippen LogP) is 2.42. The molecule has 0 aliphatic rings. The van der Waals surface area contributed by atoms with Crippen molar-refractivity contribution in [3.05, 3.63) is 29.3 Å². The third-order valence-electron chi connectivity index (χ3n) is 2.41. The van der Waals surface area contributed by atoms with Crippen LogP contribution in [0.25, 0.3) is 0 Å². The molecule has 0 unspecified atom stereocenters. The molecule has 0 radical (unpaired) electrons. The Kier molecular flexibility index (Phi) is 5.91. The topological polar surface area (TPSA) is 55.1 Å². The van der Waals surface area contributed by atoms with Crippen LogP contribution in [0.5, 0.6) is 0 Å². The van der Waals surface area contributed by atoms with Crippen LogP contribution in [0.4, 0.5) is 14.5 Å². The van der Waals surface area contributed by atoms with Gasteiger partial charge in [0.05, 0.1) is 5.69 Å². The molecule has 1 aromatic carbocycles. The minimum absolute atomic E-state index is 0.232. The molecule has 0 saturated heterocycles. The maximum Gasteiger partial charge on any atom is 0.257 e. The highest BCUT2D eigenvalue weighted by Crippen LogP contribution is 2.18. The number of benzene rings is 1. The number of nitrogens with one attached hydrogen (secondary N) is 1. The maximum absolute atomic E-state index is 13.5. The predicted molar refractivity (Wildman–Crippen MR) is 70.7 cm³/mol. The molecular formula is C12H16F2N2OS. The van der Waals surface area contributed by atoms with Gasteiger partial charge in [0.15, 0.2) is 5.82 Å². The normalized spacial score (nSPS) is 10.4. The molecule has 0 aliphatic heterocycles. The molecule has 6 heteroatoms. The van der Waals surface area contributed by atoms with E-state index in [1.165, 1.54) is 0 Å². The van der Waals surface area contributed by atoms with Gasteiger partial charge in [0, 0.05) is 6.54 Å². The Hall–Kier alpha value is -1.30. The lowest BCUT2D eigenvalue weighted by Gasteiger charge is -2.08. The average Bonchev–Trinajstić information content (AvgIpc) is 2.34. The van der Waals surface area contributed by atoms with Gasteiger partial charge < -0.3 is 11.1 Å². The van der Waals surface area contributed by atoms with E-state index in [4.69, 9.17) is 5.73 Å². The fraction of sp³-hybridized carbons (Fsp3) is 0.417. The van der Waals surface area contributed by atoms with Crippen molar-refractivity contribution in [2.45, 2.75) is 12.8 Å². The van der Waals surface area contributed by atoms with E-state index < -0.39 is 23.1 Å². The van der Waals surface area contributed by atoms with Crippen molar-refractivity contribution in [1.82, 2.24) is 5.32 Å². The molecule has 0 aromatic heterocycles. The van der Waals surface area contributed by atoms with Gasteiger partial charge >= 0.3 is 0 Å². The first-order chi connectivity index (χ1) is 8.57. The second kappa shape index (κ2) is 7.20. The highest BCUT2D eigenvalue weighted by atomic mass is 32.2. The van der Waals surface area contributed by atoms with Gasteiger partial charge in [0.2, 0.25) is 0 Å². The largest absolute Gasteiger partial charge is 0.396 e. The minimum atomic E-state index is -1.00. The van der Waals surface area contributed by atoms with E-state index >= 15 is 0 Å². The minimum Gasteiger partial charge on any atom is -0.396 e. The van der Waals surface area contributed by atoms with E-state index in [1.807, 2.05) is 6.26 Å². The molecule has 0 aliphatic carbocycles. The van der Waals surface area contributed by atoms with Crippen molar-refractivity contribution < 1.29 is 13.6 Å². The van der Waals surface area contributed by atoms with Crippen LogP contribution < -0.4 is 11.1 Å². The van der Waals surface area contributed by atoms with Gasteiger partial charge in [-0.3, -0.25) is 4.79 Å². The molecule has 1 amide bonds. The molecule has 1 rings (SSSR count). The molecule has 3 N–H and O–H groups in total. The fourth-order valence-corrected chi connectivity index (χ4v) is 1.93. The summed E-state index contributed by atoms with van der Waals surface area (Å²) in [6.07, 6.45) is 3.72. The lowest BCUT2D eigenvalue weighted by molar-refractivity contribution is 0.0945. The lowest BCUT2D eigenvalue weighted by atomic mass is 10.1. The summed E-state index contributed by atoms with van der Waals surface area (Å²) in [5.74, 6) is -1.67. The van der Waals surface area contributed by atoms with Crippen molar-refractivity contribution in [3.63, 3.8) is 0 Å². The Morgan fingerprint density at radius 1 is 1.39 bits per heavy atom. The van der Waals surface area contributed by atoms with Gasteiger partial charge in [-0.2, -0.15) is 11.8 Å².